The van der Waals surface area contributed by atoms with E-state index in [4.69, 9.17) is 38.4 Å². The van der Waals surface area contributed by atoms with Crippen LogP contribution in [0.25, 0.3) is 11.6 Å². The predicted octanol–water partition coefficient (Wildman–Crippen LogP) is 7.72. The van der Waals surface area contributed by atoms with Gasteiger partial charge in [-0.15, -0.1) is 0 Å². The summed E-state index contributed by atoms with van der Waals surface area (Å²) < 4.78 is 39.0. The number of hydrogen-bond acceptors (Lipinski definition) is 14. The van der Waals surface area contributed by atoms with Crippen molar-refractivity contribution in [3.05, 3.63) is 143 Å². The van der Waals surface area contributed by atoms with Crippen LogP contribution in [0.3, 0.4) is 0 Å². The first-order valence-electron chi connectivity index (χ1n) is 23.2. The second-order valence-corrected chi connectivity index (χ2v) is 17.1. The Balaban J connectivity index is 0.813. The van der Waals surface area contributed by atoms with Crippen LogP contribution in [-0.4, -0.2) is 105 Å². The zero-order chi connectivity index (χ0) is 46.7. The fourth-order valence-electron chi connectivity index (χ4n) is 10.1. The summed E-state index contributed by atoms with van der Waals surface area (Å²) in [6, 6.07) is 19.5. The second kappa shape index (κ2) is 19.3. The molecule has 6 heterocycles. The molecule has 348 valence electrons. The smallest absolute Gasteiger partial charge is 0.331 e. The quantitative estimate of drug-likeness (QED) is 0.0770. The summed E-state index contributed by atoms with van der Waals surface area (Å²) in [7, 11) is 3.24. The highest BCUT2D eigenvalue weighted by molar-refractivity contribution is 6.15. The van der Waals surface area contributed by atoms with Gasteiger partial charge in [0.2, 0.25) is 0 Å². The molecule has 0 spiro atoms. The molecule has 6 aromatic rings. The van der Waals surface area contributed by atoms with E-state index in [0.717, 1.165) is 44.8 Å². The Morgan fingerprint density at radius 2 is 1.07 bits per heavy atom. The van der Waals surface area contributed by atoms with Crippen LogP contribution in [0, 0.1) is 0 Å². The standard InChI is InChI=1S/C52H52N8O8/c1-5-65-45-25-35-37-23-33(11-13-41(37)57-51(39(35)27-43(45)63-3)31-9-15-47(53-29-31)59-21-7-19-55-59)67-49(61)17-18-50(62)68-34-12-14-42-38(24-34)36-26-46(66-6-2)44(64-4)28-40(36)52(58-42)32-10-16-48(54-30-32)60-22-8-20-56-60/h7-10,15-22,25-30,33-34,37-38,41-42H,5-6,11-14,23-24H2,1-4H3/b18-17+/t33-,34-,37-,38-,41-,42-/m1/s1. The zero-order valence-electron chi connectivity index (χ0n) is 38.4. The molecule has 0 saturated heterocycles. The molecule has 2 aromatic carbocycles. The van der Waals surface area contributed by atoms with Crippen molar-refractivity contribution in [3.63, 3.8) is 0 Å². The van der Waals surface area contributed by atoms with E-state index in [9.17, 15) is 9.59 Å². The highest BCUT2D eigenvalue weighted by Crippen LogP contribution is 2.47. The summed E-state index contributed by atoms with van der Waals surface area (Å²) >= 11 is 0. The SMILES string of the molecule is CCOc1cc2c(cc1OC)C(c1ccc(-n3cccn3)nc1)=N[C@@H]1CC[C@@H](OC(=O)/C=C/C(=O)O[C@@H]3CC[C@H]4N=C(c5ccc(-n6cccn6)nc5)c5cc(OC)c(OCC)cc5[C@H]4C3)C[C@H]21. The van der Waals surface area contributed by atoms with Gasteiger partial charge in [0, 0.05) is 83.4 Å². The van der Waals surface area contributed by atoms with Crippen molar-refractivity contribution in [3.8, 4) is 34.6 Å². The number of fused-ring (bicyclic) bond motifs is 6. The van der Waals surface area contributed by atoms with Crippen molar-refractivity contribution < 1.29 is 38.0 Å². The Bertz CT molecular complexity index is 2680. The fraction of sp³-hybridized carbons (Fsp3) is 0.346. The van der Waals surface area contributed by atoms with Gasteiger partial charge in [0.15, 0.2) is 34.6 Å². The molecule has 2 fully saturated rings. The van der Waals surface area contributed by atoms with Gasteiger partial charge in [-0.25, -0.2) is 28.9 Å². The van der Waals surface area contributed by atoms with Gasteiger partial charge in [0.05, 0.1) is 50.9 Å². The van der Waals surface area contributed by atoms with E-state index >= 15 is 0 Å². The van der Waals surface area contributed by atoms with E-state index < -0.39 is 11.9 Å². The lowest BCUT2D eigenvalue weighted by molar-refractivity contribution is -0.147. The molecule has 2 aliphatic carbocycles. The van der Waals surface area contributed by atoms with Crippen LogP contribution in [0.2, 0.25) is 0 Å². The Kier molecular flexibility index (Phi) is 12.6. The van der Waals surface area contributed by atoms with Gasteiger partial charge in [0.1, 0.15) is 12.2 Å². The predicted molar refractivity (Wildman–Crippen MR) is 252 cm³/mol. The monoisotopic (exact) mass is 916 g/mol. The van der Waals surface area contributed by atoms with Crippen LogP contribution in [0.4, 0.5) is 0 Å². The molecule has 0 bridgehead atoms. The molecule has 2 saturated carbocycles. The molecular weight excluding hydrogens is 865 g/mol. The summed E-state index contributed by atoms with van der Waals surface area (Å²) in [4.78, 5) is 46.6. The van der Waals surface area contributed by atoms with Crippen LogP contribution < -0.4 is 18.9 Å². The highest BCUT2D eigenvalue weighted by atomic mass is 16.6. The minimum Gasteiger partial charge on any atom is -0.493 e. The van der Waals surface area contributed by atoms with Gasteiger partial charge in [0.25, 0.3) is 0 Å². The summed E-state index contributed by atoms with van der Waals surface area (Å²) in [5.74, 6) is 2.58. The van der Waals surface area contributed by atoms with E-state index in [1.54, 1.807) is 36.0 Å². The van der Waals surface area contributed by atoms with Crippen molar-refractivity contribution in [2.75, 3.05) is 27.4 Å². The molecular formula is C52H52N8O8. The van der Waals surface area contributed by atoms with Crippen LogP contribution in [-0.2, 0) is 19.1 Å². The van der Waals surface area contributed by atoms with Crippen molar-refractivity contribution >= 4 is 23.4 Å². The minimum absolute atomic E-state index is 0.0494. The fourth-order valence-corrected chi connectivity index (χ4v) is 10.1. The molecule has 16 nitrogen and oxygen atoms in total. The van der Waals surface area contributed by atoms with Crippen LogP contribution in [0.15, 0.2) is 120 Å². The van der Waals surface area contributed by atoms with Gasteiger partial charge in [-0.3, -0.25) is 9.98 Å². The number of nitrogens with zero attached hydrogens (tertiary/aromatic N) is 8. The molecule has 6 atom stereocenters. The van der Waals surface area contributed by atoms with Crippen molar-refractivity contribution in [1.82, 2.24) is 29.5 Å². The average Bonchev–Trinajstić information content (AvgIpc) is 4.12. The number of hydrogen-bond donors (Lipinski definition) is 0. The Labute approximate surface area is 393 Å². The summed E-state index contributed by atoms with van der Waals surface area (Å²) in [5, 5.41) is 8.61. The van der Waals surface area contributed by atoms with E-state index in [1.165, 1.54) is 12.2 Å². The third kappa shape index (κ3) is 8.85. The van der Waals surface area contributed by atoms with Crippen LogP contribution in [0.1, 0.15) is 97.6 Å². The number of aromatic nitrogens is 6. The maximum absolute atomic E-state index is 13.3. The van der Waals surface area contributed by atoms with E-state index in [-0.39, 0.29) is 36.1 Å². The number of esters is 2. The first-order valence-corrected chi connectivity index (χ1v) is 23.2. The van der Waals surface area contributed by atoms with E-state index in [2.05, 4.69) is 20.2 Å². The maximum atomic E-state index is 13.3. The summed E-state index contributed by atoms with van der Waals surface area (Å²) in [6.45, 7) is 4.81. The minimum atomic E-state index is -0.602. The third-order valence-corrected chi connectivity index (χ3v) is 13.1. The van der Waals surface area contributed by atoms with Gasteiger partial charge < -0.3 is 28.4 Å². The van der Waals surface area contributed by atoms with Gasteiger partial charge in [-0.05, 0) is 124 Å². The van der Waals surface area contributed by atoms with Crippen LogP contribution >= 0.6 is 0 Å². The number of ether oxygens (including phenoxy) is 6. The lowest BCUT2D eigenvalue weighted by atomic mass is 9.74. The molecule has 4 aromatic heterocycles. The molecule has 68 heavy (non-hydrogen) atoms. The van der Waals surface area contributed by atoms with E-state index in [1.807, 2.05) is 99.3 Å². The van der Waals surface area contributed by atoms with Crippen LogP contribution in [0.5, 0.6) is 23.0 Å². The van der Waals surface area contributed by atoms with Crippen molar-refractivity contribution in [1.29, 1.82) is 0 Å². The summed E-state index contributed by atoms with van der Waals surface area (Å²) in [5.41, 5.74) is 7.29. The Morgan fingerprint density at radius 1 is 0.618 bits per heavy atom. The first-order chi connectivity index (χ1) is 33.3. The van der Waals surface area contributed by atoms with Gasteiger partial charge in [-0.1, -0.05) is 0 Å². The second-order valence-electron chi connectivity index (χ2n) is 17.1. The lowest BCUT2D eigenvalue weighted by Crippen LogP contribution is -2.36. The maximum Gasteiger partial charge on any atom is 0.331 e. The third-order valence-electron chi connectivity index (χ3n) is 13.1. The number of benzene rings is 2. The molecule has 2 aliphatic heterocycles. The normalized spacial score (nSPS) is 21.5. The number of carbonyl (C=O) groups excluding carboxylic acids is 2. The number of aliphatic imine (C=N–C) groups is 2. The van der Waals surface area contributed by atoms with Crippen molar-refractivity contribution in [2.24, 2.45) is 9.98 Å². The van der Waals surface area contributed by atoms with Gasteiger partial charge in [-0.2, -0.15) is 10.2 Å². The van der Waals surface area contributed by atoms with E-state index in [0.29, 0.717) is 86.4 Å². The topological polar surface area (TPSA) is 176 Å². The number of rotatable bonds is 14. The number of pyridine rings is 2. The largest absolute Gasteiger partial charge is 0.493 e. The molecule has 0 radical (unpaired) electrons. The van der Waals surface area contributed by atoms with Gasteiger partial charge >= 0.3 is 11.9 Å². The summed E-state index contributed by atoms with van der Waals surface area (Å²) in [6.07, 6.45) is 16.0. The Hall–Kier alpha value is -7.62. The molecule has 16 heteroatoms. The average molecular weight is 917 g/mol. The molecule has 0 amide bonds. The van der Waals surface area contributed by atoms with Crippen molar-refractivity contribution in [2.45, 2.75) is 88.5 Å². The molecule has 0 unspecified atom stereocenters. The zero-order valence-corrected chi connectivity index (χ0v) is 38.4. The lowest BCUT2D eigenvalue weighted by Gasteiger charge is -2.38. The number of carbonyl (C=O) groups is 2. The molecule has 4 aliphatic rings. The Morgan fingerprint density at radius 3 is 1.44 bits per heavy atom. The number of methoxy groups -OCH3 is 2. The highest BCUT2D eigenvalue weighted by Gasteiger charge is 2.41. The first kappa shape index (κ1) is 44.2. The molecule has 0 N–H and O–H groups in total. The molecule has 10 rings (SSSR count).